The Morgan fingerprint density at radius 2 is 1.89 bits per heavy atom. The third-order valence-electron chi connectivity index (χ3n) is 5.92. The van der Waals surface area contributed by atoms with Crippen LogP contribution in [0.25, 0.3) is 16.9 Å². The summed E-state index contributed by atoms with van der Waals surface area (Å²) in [6.07, 6.45) is 12.1. The van der Waals surface area contributed by atoms with Crippen molar-refractivity contribution in [3.05, 3.63) is 90.6 Å². The molecule has 8 nitrogen and oxygen atoms in total. The number of carbonyl (C=O) groups excluding carboxylic acids is 1. The quantitative estimate of drug-likeness (QED) is 0.515. The van der Waals surface area contributed by atoms with Gasteiger partial charge in [-0.3, -0.25) is 5.32 Å². The van der Waals surface area contributed by atoms with Gasteiger partial charge in [0.25, 0.3) is 0 Å². The number of anilines is 1. The number of nitrogens with one attached hydrogen (secondary N) is 2. The first-order valence-electron chi connectivity index (χ1n) is 11.6. The Labute approximate surface area is 205 Å². The predicted molar refractivity (Wildman–Crippen MR) is 137 cm³/mol. The standard InChI is InChI=1S/C27H30N6O2/c1-18-10-6-4-9-13-23(24(34)15-14-18)30-27(35)31-26-19(2)25(21-16-28-20(3)29-17-21)32-33(26)22-11-7-5-8-12-22/h4-12,16-17,23-24,34H,1,13-15H2,2-3H3,(H2,30,31,35)/b9-4-,10-6-/t23-,24-/m1/s1. The number of carbonyl (C=O) groups is 1. The lowest BCUT2D eigenvalue weighted by Crippen LogP contribution is -2.45. The smallest absolute Gasteiger partial charge is 0.320 e. The Bertz CT molecular complexity index is 1240. The Morgan fingerprint density at radius 1 is 1.14 bits per heavy atom. The molecule has 0 radical (unpaired) electrons. The normalized spacial score (nSPS) is 20.1. The zero-order chi connectivity index (χ0) is 24.8. The molecule has 4 rings (SSSR count). The average Bonchev–Trinajstić information content (AvgIpc) is 3.18. The molecule has 35 heavy (non-hydrogen) atoms. The number of benzene rings is 1. The van der Waals surface area contributed by atoms with Crippen molar-refractivity contribution in [1.82, 2.24) is 25.1 Å². The summed E-state index contributed by atoms with van der Waals surface area (Å²) >= 11 is 0. The molecule has 0 aliphatic heterocycles. The van der Waals surface area contributed by atoms with Crippen molar-refractivity contribution in [2.75, 3.05) is 5.32 Å². The van der Waals surface area contributed by atoms with Gasteiger partial charge in [0.2, 0.25) is 0 Å². The molecule has 0 saturated heterocycles. The third-order valence-corrected chi connectivity index (χ3v) is 5.92. The number of amides is 2. The highest BCUT2D eigenvalue weighted by molar-refractivity contribution is 5.91. The van der Waals surface area contributed by atoms with Crippen molar-refractivity contribution in [3.8, 4) is 16.9 Å². The molecule has 3 aromatic rings. The van der Waals surface area contributed by atoms with Crippen LogP contribution in [-0.4, -0.2) is 43.0 Å². The lowest BCUT2D eigenvalue weighted by molar-refractivity contribution is 0.123. The van der Waals surface area contributed by atoms with E-state index in [9.17, 15) is 9.90 Å². The lowest BCUT2D eigenvalue weighted by atomic mass is 9.99. The molecule has 0 spiro atoms. The maximum absolute atomic E-state index is 13.1. The van der Waals surface area contributed by atoms with Crippen LogP contribution in [0.4, 0.5) is 10.6 Å². The fraction of sp³-hybridized carbons (Fsp3) is 0.259. The van der Waals surface area contributed by atoms with Gasteiger partial charge in [0.15, 0.2) is 0 Å². The van der Waals surface area contributed by atoms with Crippen molar-refractivity contribution in [3.63, 3.8) is 0 Å². The van der Waals surface area contributed by atoms with Crippen LogP contribution in [0.1, 0.15) is 30.7 Å². The Balaban J connectivity index is 1.61. The van der Waals surface area contributed by atoms with Crippen LogP contribution in [0, 0.1) is 13.8 Å². The number of aliphatic hydroxyl groups is 1. The average molecular weight is 471 g/mol. The second-order valence-electron chi connectivity index (χ2n) is 8.58. The molecule has 0 unspecified atom stereocenters. The summed E-state index contributed by atoms with van der Waals surface area (Å²) in [6, 6.07) is 8.73. The van der Waals surface area contributed by atoms with Gasteiger partial charge in [-0.25, -0.2) is 19.4 Å². The highest BCUT2D eigenvalue weighted by Gasteiger charge is 2.23. The van der Waals surface area contributed by atoms with Crippen molar-refractivity contribution < 1.29 is 9.90 Å². The minimum Gasteiger partial charge on any atom is -0.391 e. The first-order valence-corrected chi connectivity index (χ1v) is 11.6. The number of nitrogens with zero attached hydrogens (tertiary/aromatic N) is 4. The highest BCUT2D eigenvalue weighted by Crippen LogP contribution is 2.30. The van der Waals surface area contributed by atoms with E-state index >= 15 is 0 Å². The van der Waals surface area contributed by atoms with Gasteiger partial charge in [-0.05, 0) is 45.2 Å². The monoisotopic (exact) mass is 470 g/mol. The Hall–Kier alpha value is -4.04. The summed E-state index contributed by atoms with van der Waals surface area (Å²) in [4.78, 5) is 21.7. The van der Waals surface area contributed by atoms with Crippen molar-refractivity contribution in [1.29, 1.82) is 0 Å². The molecule has 0 saturated carbocycles. The fourth-order valence-corrected chi connectivity index (χ4v) is 3.93. The molecule has 2 atom stereocenters. The SMILES string of the molecule is C=C1/C=C\C=C/C[C@@H](NC(=O)Nc2c(C)c(-c3cnc(C)nc3)nn2-c2ccccc2)[C@H](O)CC1. The van der Waals surface area contributed by atoms with Crippen LogP contribution >= 0.6 is 0 Å². The topological polar surface area (TPSA) is 105 Å². The highest BCUT2D eigenvalue weighted by atomic mass is 16.3. The molecular weight excluding hydrogens is 440 g/mol. The van der Waals surface area contributed by atoms with Gasteiger partial charge in [-0.1, -0.05) is 54.7 Å². The van der Waals surface area contributed by atoms with Gasteiger partial charge < -0.3 is 10.4 Å². The summed E-state index contributed by atoms with van der Waals surface area (Å²) in [7, 11) is 0. The van der Waals surface area contributed by atoms with Gasteiger partial charge in [-0.15, -0.1) is 0 Å². The maximum Gasteiger partial charge on any atom is 0.320 e. The van der Waals surface area contributed by atoms with Crippen LogP contribution in [0.15, 0.2) is 79.2 Å². The lowest BCUT2D eigenvalue weighted by Gasteiger charge is -2.24. The maximum atomic E-state index is 13.1. The third kappa shape index (κ3) is 5.91. The molecule has 180 valence electrons. The Morgan fingerprint density at radius 3 is 2.63 bits per heavy atom. The molecule has 1 aliphatic carbocycles. The van der Waals surface area contributed by atoms with Crippen LogP contribution in [0.2, 0.25) is 0 Å². The number of urea groups is 1. The van der Waals surface area contributed by atoms with Crippen molar-refractivity contribution >= 4 is 11.8 Å². The van der Waals surface area contributed by atoms with Crippen molar-refractivity contribution in [2.24, 2.45) is 0 Å². The van der Waals surface area contributed by atoms with E-state index in [1.807, 2.05) is 68.5 Å². The minimum absolute atomic E-state index is 0.416. The Kier molecular flexibility index (Phi) is 7.52. The van der Waals surface area contributed by atoms with Gasteiger partial charge in [0, 0.05) is 23.5 Å². The molecule has 8 heteroatoms. The first-order chi connectivity index (χ1) is 16.9. The van der Waals surface area contributed by atoms with Crippen LogP contribution in [-0.2, 0) is 0 Å². The number of aryl methyl sites for hydroxylation is 1. The summed E-state index contributed by atoms with van der Waals surface area (Å²) in [5.74, 6) is 1.20. The largest absolute Gasteiger partial charge is 0.391 e. The molecule has 2 aromatic heterocycles. The van der Waals surface area contributed by atoms with Crippen LogP contribution < -0.4 is 10.6 Å². The van der Waals surface area contributed by atoms with E-state index in [-0.39, 0.29) is 0 Å². The number of aromatic nitrogens is 4. The van der Waals surface area contributed by atoms with Crippen LogP contribution in [0.5, 0.6) is 0 Å². The van der Waals surface area contributed by atoms with Crippen LogP contribution in [0.3, 0.4) is 0 Å². The first kappa shape index (κ1) is 24.1. The molecule has 1 aliphatic rings. The number of allylic oxidation sites excluding steroid dienone is 4. The van der Waals surface area contributed by atoms with Gasteiger partial charge >= 0.3 is 6.03 Å². The molecule has 2 heterocycles. The van der Waals surface area contributed by atoms with Gasteiger partial charge in [-0.2, -0.15) is 5.10 Å². The van der Waals surface area contributed by atoms with E-state index in [1.54, 1.807) is 17.1 Å². The van der Waals surface area contributed by atoms with E-state index in [1.165, 1.54) is 0 Å². The molecule has 1 aromatic carbocycles. The predicted octanol–water partition coefficient (Wildman–Crippen LogP) is 4.65. The second kappa shape index (κ2) is 10.9. The minimum atomic E-state index is -0.700. The molecular formula is C27H30N6O2. The number of para-hydroxylation sites is 1. The van der Waals surface area contributed by atoms with Gasteiger partial charge in [0.05, 0.1) is 17.8 Å². The molecule has 2 amide bonds. The molecule has 3 N–H and O–H groups in total. The fourth-order valence-electron chi connectivity index (χ4n) is 3.93. The van der Waals surface area contributed by atoms with E-state index in [2.05, 4.69) is 27.2 Å². The van der Waals surface area contributed by atoms with Gasteiger partial charge in [0.1, 0.15) is 17.3 Å². The molecule has 0 bridgehead atoms. The summed E-state index contributed by atoms with van der Waals surface area (Å²) in [6.45, 7) is 7.72. The van der Waals surface area contributed by atoms with Crippen molar-refractivity contribution in [2.45, 2.75) is 45.3 Å². The zero-order valence-electron chi connectivity index (χ0n) is 20.0. The second-order valence-corrected chi connectivity index (χ2v) is 8.58. The van der Waals surface area contributed by atoms with E-state index in [4.69, 9.17) is 5.10 Å². The van der Waals surface area contributed by atoms with E-state index < -0.39 is 18.2 Å². The molecule has 0 fully saturated rings. The number of hydrogen-bond acceptors (Lipinski definition) is 5. The number of aliphatic hydroxyl groups excluding tert-OH is 1. The summed E-state index contributed by atoms with van der Waals surface area (Å²) in [5, 5.41) is 21.4. The summed E-state index contributed by atoms with van der Waals surface area (Å²) in [5.41, 5.74) is 3.96. The zero-order valence-corrected chi connectivity index (χ0v) is 20.0. The summed E-state index contributed by atoms with van der Waals surface area (Å²) < 4.78 is 1.70. The number of rotatable bonds is 4. The van der Waals surface area contributed by atoms with E-state index in [0.717, 1.165) is 22.4 Å². The van der Waals surface area contributed by atoms with E-state index in [0.29, 0.717) is 36.6 Å². The number of hydrogen-bond donors (Lipinski definition) is 3.